The number of nitrogens with one attached hydrogen (secondary N) is 1. The van der Waals surface area contributed by atoms with Crippen molar-refractivity contribution in [3.63, 3.8) is 0 Å². The number of nitrogens with zero attached hydrogens (tertiary/aromatic N) is 2. The highest BCUT2D eigenvalue weighted by Crippen LogP contribution is 2.33. The first-order chi connectivity index (χ1) is 15.4. The fraction of sp³-hybridized carbons (Fsp3) is 0.333. The summed E-state index contributed by atoms with van der Waals surface area (Å²) >= 11 is 0. The van der Waals surface area contributed by atoms with Crippen LogP contribution in [0.25, 0.3) is 16.5 Å². The number of benzene rings is 2. The molecule has 5 heteroatoms. The number of para-hydroxylation sites is 1. The second-order valence-corrected chi connectivity index (χ2v) is 8.21. The average molecular weight is 432 g/mol. The number of rotatable bonds is 7. The Labute approximate surface area is 190 Å². The molecular formula is C27H33N3O2. The largest absolute Gasteiger partial charge is 0.347 e. The van der Waals surface area contributed by atoms with Gasteiger partial charge in [-0.1, -0.05) is 61.9 Å². The maximum Gasteiger partial charge on any atom is 0.259 e. The van der Waals surface area contributed by atoms with Crippen LogP contribution >= 0.6 is 0 Å². The number of aryl methyl sites for hydroxylation is 2. The van der Waals surface area contributed by atoms with Gasteiger partial charge in [0.2, 0.25) is 0 Å². The second kappa shape index (κ2) is 10.4. The Bertz CT molecular complexity index is 1140. The molecular weight excluding hydrogens is 398 g/mol. The minimum atomic E-state index is -0.307. The van der Waals surface area contributed by atoms with E-state index in [0.717, 1.165) is 41.5 Å². The Hall–Kier alpha value is -3.18. The van der Waals surface area contributed by atoms with E-state index in [1.807, 2.05) is 69.4 Å². The van der Waals surface area contributed by atoms with Gasteiger partial charge in [0.1, 0.15) is 0 Å². The zero-order valence-electron chi connectivity index (χ0n) is 19.7. The number of hydrogen-bond donors (Lipinski definition) is 1. The minimum Gasteiger partial charge on any atom is -0.347 e. The molecule has 0 atom stereocenters. The summed E-state index contributed by atoms with van der Waals surface area (Å²) in [5.41, 5.74) is 5.15. The zero-order valence-corrected chi connectivity index (χ0v) is 19.7. The van der Waals surface area contributed by atoms with Gasteiger partial charge < -0.3 is 9.47 Å². The van der Waals surface area contributed by atoms with Crippen LogP contribution in [0.15, 0.2) is 60.3 Å². The maximum atomic E-state index is 12.8. The van der Waals surface area contributed by atoms with Gasteiger partial charge in [-0.15, -0.1) is 0 Å². The van der Waals surface area contributed by atoms with Gasteiger partial charge in [0.25, 0.3) is 11.8 Å². The van der Waals surface area contributed by atoms with Crippen LogP contribution in [-0.4, -0.2) is 41.9 Å². The fourth-order valence-corrected chi connectivity index (χ4v) is 4.04. The van der Waals surface area contributed by atoms with Crippen LogP contribution in [0.2, 0.25) is 0 Å². The third kappa shape index (κ3) is 5.00. The molecule has 2 amide bonds. The minimum absolute atomic E-state index is 0.292. The van der Waals surface area contributed by atoms with Crippen LogP contribution in [0.3, 0.4) is 0 Å². The van der Waals surface area contributed by atoms with Crippen LogP contribution < -0.4 is 5.32 Å². The van der Waals surface area contributed by atoms with E-state index in [2.05, 4.69) is 34.9 Å². The maximum absolute atomic E-state index is 12.8. The molecule has 5 nitrogen and oxygen atoms in total. The number of hydrogen-bond acceptors (Lipinski definition) is 3. The highest BCUT2D eigenvalue weighted by atomic mass is 16.2. The predicted molar refractivity (Wildman–Crippen MR) is 131 cm³/mol. The summed E-state index contributed by atoms with van der Waals surface area (Å²) in [6.07, 6.45) is 3.47. The van der Waals surface area contributed by atoms with Crippen molar-refractivity contribution in [3.8, 4) is 0 Å². The first-order valence-corrected chi connectivity index (χ1v) is 11.3. The van der Waals surface area contributed by atoms with Crippen molar-refractivity contribution in [2.45, 2.75) is 40.2 Å². The Morgan fingerprint density at radius 3 is 2.31 bits per heavy atom. The zero-order chi connectivity index (χ0) is 23.3. The molecule has 0 saturated carbocycles. The summed E-state index contributed by atoms with van der Waals surface area (Å²) in [6, 6.07) is 16.2. The van der Waals surface area contributed by atoms with Gasteiger partial charge in [-0.2, -0.15) is 0 Å². The van der Waals surface area contributed by atoms with Gasteiger partial charge in [0.05, 0.1) is 5.57 Å². The molecule has 0 unspecified atom stereocenters. The predicted octanol–water partition coefficient (Wildman–Crippen LogP) is 4.58. The van der Waals surface area contributed by atoms with Gasteiger partial charge in [-0.05, 0) is 45.6 Å². The quantitative estimate of drug-likeness (QED) is 0.557. The lowest BCUT2D eigenvalue weighted by molar-refractivity contribution is -0.123. The molecule has 1 N–H and O–H groups in total. The lowest BCUT2D eigenvalue weighted by Gasteiger charge is -2.10. The molecule has 0 bridgehead atoms. The van der Waals surface area contributed by atoms with E-state index in [4.69, 9.17) is 0 Å². The Kier molecular flexibility index (Phi) is 7.65. The number of amides is 2. The van der Waals surface area contributed by atoms with Crippen molar-refractivity contribution in [2.75, 3.05) is 20.6 Å². The summed E-state index contributed by atoms with van der Waals surface area (Å²) in [5, 5.41) is 3.51. The fourth-order valence-electron chi connectivity index (χ4n) is 4.04. The van der Waals surface area contributed by atoms with Gasteiger partial charge in [0, 0.05) is 41.2 Å². The Morgan fingerprint density at radius 1 is 0.938 bits per heavy atom. The van der Waals surface area contributed by atoms with Crippen LogP contribution in [0.5, 0.6) is 0 Å². The molecule has 1 aliphatic heterocycles. The molecule has 1 aliphatic rings. The van der Waals surface area contributed by atoms with Crippen molar-refractivity contribution in [2.24, 2.45) is 0 Å². The third-order valence-corrected chi connectivity index (χ3v) is 5.59. The van der Waals surface area contributed by atoms with Crippen LogP contribution in [0, 0.1) is 6.92 Å². The highest BCUT2D eigenvalue weighted by molar-refractivity contribution is 6.37. The molecule has 2 heterocycles. The second-order valence-electron chi connectivity index (χ2n) is 8.21. The summed E-state index contributed by atoms with van der Waals surface area (Å²) in [7, 11) is 4.13. The van der Waals surface area contributed by atoms with E-state index in [9.17, 15) is 9.59 Å². The molecule has 32 heavy (non-hydrogen) atoms. The monoisotopic (exact) mass is 431 g/mol. The van der Waals surface area contributed by atoms with Crippen molar-refractivity contribution < 1.29 is 9.59 Å². The van der Waals surface area contributed by atoms with Crippen molar-refractivity contribution >= 4 is 28.3 Å². The molecule has 168 valence electrons. The third-order valence-electron chi connectivity index (χ3n) is 5.59. The van der Waals surface area contributed by atoms with Crippen LogP contribution in [-0.2, 0) is 22.6 Å². The van der Waals surface area contributed by atoms with Crippen molar-refractivity contribution in [1.29, 1.82) is 0 Å². The number of carbonyl (C=O) groups excluding carboxylic acids is 2. The summed E-state index contributed by atoms with van der Waals surface area (Å²) < 4.78 is 2.20. The molecule has 0 radical (unpaired) electrons. The standard InChI is InChI=1S/C25H27N3O2.C2H6/c1-17-9-11-18(12-10-17)15-20-23(25(30)26-24(20)29)21-16-28(14-6-13-27(2)3)22-8-5-4-7-19(21)22;1-2/h4-5,7-12,16H,6,13-15H2,1-3H3,(H,26,29,30);1-2H3. The molecule has 0 aliphatic carbocycles. The van der Waals surface area contributed by atoms with E-state index in [0.29, 0.717) is 17.6 Å². The molecule has 1 aromatic heterocycles. The Morgan fingerprint density at radius 2 is 1.62 bits per heavy atom. The van der Waals surface area contributed by atoms with Gasteiger partial charge in [-0.3, -0.25) is 14.9 Å². The Balaban J connectivity index is 0.00000141. The summed E-state index contributed by atoms with van der Waals surface area (Å²) in [6.45, 7) is 7.88. The first-order valence-electron chi connectivity index (χ1n) is 11.3. The SMILES string of the molecule is CC.Cc1ccc(CC2=C(c3cn(CCCN(C)C)c4ccccc34)C(=O)NC2=O)cc1. The van der Waals surface area contributed by atoms with E-state index in [1.165, 1.54) is 5.56 Å². The molecule has 0 spiro atoms. The summed E-state index contributed by atoms with van der Waals surface area (Å²) in [4.78, 5) is 27.6. The molecule has 4 rings (SSSR count). The number of imide groups is 1. The van der Waals surface area contributed by atoms with Gasteiger partial charge in [-0.25, -0.2) is 0 Å². The number of fused-ring (bicyclic) bond motifs is 1. The van der Waals surface area contributed by atoms with E-state index >= 15 is 0 Å². The molecule has 3 aromatic rings. The molecule has 0 fully saturated rings. The van der Waals surface area contributed by atoms with E-state index < -0.39 is 0 Å². The van der Waals surface area contributed by atoms with Gasteiger partial charge >= 0.3 is 0 Å². The van der Waals surface area contributed by atoms with E-state index in [1.54, 1.807) is 0 Å². The smallest absolute Gasteiger partial charge is 0.259 e. The molecule has 0 saturated heterocycles. The number of carbonyl (C=O) groups is 2. The van der Waals surface area contributed by atoms with E-state index in [-0.39, 0.29) is 11.8 Å². The first kappa shape index (κ1) is 23.5. The topological polar surface area (TPSA) is 54.3 Å². The van der Waals surface area contributed by atoms with Crippen LogP contribution in [0.1, 0.15) is 37.0 Å². The summed E-state index contributed by atoms with van der Waals surface area (Å²) in [5.74, 6) is -0.599. The lowest BCUT2D eigenvalue weighted by Crippen LogP contribution is -2.23. The lowest BCUT2D eigenvalue weighted by atomic mass is 9.96. The normalized spacial score (nSPS) is 13.6. The highest BCUT2D eigenvalue weighted by Gasteiger charge is 2.32. The van der Waals surface area contributed by atoms with Crippen molar-refractivity contribution in [1.82, 2.24) is 14.8 Å². The number of aromatic nitrogens is 1. The average Bonchev–Trinajstić information content (AvgIpc) is 3.27. The van der Waals surface area contributed by atoms with Crippen LogP contribution in [0.4, 0.5) is 0 Å². The van der Waals surface area contributed by atoms with Crippen molar-refractivity contribution in [3.05, 3.63) is 77.0 Å². The molecule has 2 aromatic carbocycles. The van der Waals surface area contributed by atoms with Gasteiger partial charge in [0.15, 0.2) is 0 Å².